The molecular weight excluding hydrogens is 308 g/mol. The first kappa shape index (κ1) is 13.8. The first-order valence-corrected chi connectivity index (χ1v) is 8.21. The third-order valence-electron chi connectivity index (χ3n) is 3.52. The number of rotatable bonds is 5. The Hall–Kier alpha value is -2.80. The molecule has 0 saturated carbocycles. The van der Waals surface area contributed by atoms with E-state index in [4.69, 9.17) is 0 Å². The predicted octanol–water partition coefficient (Wildman–Crippen LogP) is 2.93. The van der Waals surface area contributed by atoms with E-state index in [2.05, 4.69) is 30.7 Å². The Balaban J connectivity index is 1.60. The zero-order chi connectivity index (χ0) is 15.5. The minimum atomic E-state index is 0.770. The van der Waals surface area contributed by atoms with E-state index in [-0.39, 0.29) is 0 Å². The van der Waals surface area contributed by atoms with Crippen molar-refractivity contribution in [3.63, 3.8) is 0 Å². The number of anilines is 1. The van der Waals surface area contributed by atoms with Gasteiger partial charge in [-0.3, -0.25) is 0 Å². The van der Waals surface area contributed by atoms with Crippen molar-refractivity contribution in [2.24, 2.45) is 0 Å². The lowest BCUT2D eigenvalue weighted by molar-refractivity contribution is 0.895. The van der Waals surface area contributed by atoms with E-state index in [1.165, 1.54) is 0 Å². The van der Waals surface area contributed by atoms with Gasteiger partial charge in [-0.1, -0.05) is 18.2 Å². The van der Waals surface area contributed by atoms with Crippen LogP contribution >= 0.6 is 11.3 Å². The van der Waals surface area contributed by atoms with Gasteiger partial charge in [0.1, 0.15) is 12.1 Å². The lowest BCUT2D eigenvalue weighted by Gasteiger charge is -2.06. The molecule has 0 amide bonds. The maximum absolute atomic E-state index is 4.45. The van der Waals surface area contributed by atoms with Crippen molar-refractivity contribution in [1.82, 2.24) is 24.7 Å². The molecule has 0 aliphatic heterocycles. The van der Waals surface area contributed by atoms with Gasteiger partial charge < -0.3 is 5.32 Å². The van der Waals surface area contributed by atoms with E-state index in [0.29, 0.717) is 0 Å². The van der Waals surface area contributed by atoms with Gasteiger partial charge >= 0.3 is 0 Å². The first-order valence-electron chi connectivity index (χ1n) is 7.27. The van der Waals surface area contributed by atoms with Crippen molar-refractivity contribution in [3.8, 4) is 5.69 Å². The van der Waals surface area contributed by atoms with Crippen molar-refractivity contribution in [1.29, 1.82) is 0 Å². The summed E-state index contributed by atoms with van der Waals surface area (Å²) in [6.45, 7) is 0.770. The molecule has 7 heteroatoms. The second kappa shape index (κ2) is 6.13. The van der Waals surface area contributed by atoms with Crippen LogP contribution in [0, 0.1) is 0 Å². The molecule has 0 aliphatic rings. The van der Waals surface area contributed by atoms with Gasteiger partial charge in [-0.2, -0.15) is 5.10 Å². The maximum Gasteiger partial charge on any atom is 0.168 e. The summed E-state index contributed by atoms with van der Waals surface area (Å²) in [7, 11) is 0. The van der Waals surface area contributed by atoms with Crippen LogP contribution in [0.2, 0.25) is 0 Å². The van der Waals surface area contributed by atoms with E-state index >= 15 is 0 Å². The molecule has 114 valence electrons. The number of fused-ring (bicyclic) bond motifs is 1. The monoisotopic (exact) mass is 322 g/mol. The highest BCUT2D eigenvalue weighted by Crippen LogP contribution is 2.21. The number of nitrogens with zero attached hydrogens (tertiary/aromatic N) is 5. The summed E-state index contributed by atoms with van der Waals surface area (Å²) >= 11 is 1.61. The van der Waals surface area contributed by atoms with Crippen LogP contribution in [-0.4, -0.2) is 31.3 Å². The number of nitrogens with one attached hydrogen (secondary N) is 1. The van der Waals surface area contributed by atoms with Crippen LogP contribution in [0.25, 0.3) is 16.7 Å². The molecule has 1 N–H and O–H groups in total. The molecule has 3 heterocycles. The zero-order valence-electron chi connectivity index (χ0n) is 12.3. The summed E-state index contributed by atoms with van der Waals surface area (Å²) in [6.07, 6.45) is 4.23. The van der Waals surface area contributed by atoms with Gasteiger partial charge in [0.25, 0.3) is 0 Å². The minimum Gasteiger partial charge on any atom is -0.369 e. The van der Waals surface area contributed by atoms with Crippen molar-refractivity contribution in [2.75, 3.05) is 11.9 Å². The molecule has 4 rings (SSSR count). The van der Waals surface area contributed by atoms with Crippen LogP contribution in [0.3, 0.4) is 0 Å². The second-order valence-corrected chi connectivity index (χ2v) is 5.73. The fourth-order valence-electron chi connectivity index (χ4n) is 2.41. The molecule has 0 atom stereocenters. The molecule has 0 fully saturated rings. The fraction of sp³-hybridized carbons (Fsp3) is 0.125. The van der Waals surface area contributed by atoms with Gasteiger partial charge in [0, 0.05) is 18.3 Å². The van der Waals surface area contributed by atoms with Gasteiger partial charge in [-0.25, -0.2) is 19.6 Å². The standard InChI is InChI=1S/C16H14N6S/c1-2-4-13(5-3-1)22-16-14(8-21-22)15(18-10-19-16)17-7-6-12-9-23-11-20-12/h1-5,8-11H,6-7H2,(H,17,18,19). The molecule has 3 aromatic heterocycles. The summed E-state index contributed by atoms with van der Waals surface area (Å²) in [5, 5.41) is 10.8. The van der Waals surface area contributed by atoms with Crippen LogP contribution in [0.4, 0.5) is 5.82 Å². The van der Waals surface area contributed by atoms with E-state index < -0.39 is 0 Å². The zero-order valence-corrected chi connectivity index (χ0v) is 13.1. The quantitative estimate of drug-likeness (QED) is 0.612. The number of benzene rings is 1. The van der Waals surface area contributed by atoms with Gasteiger partial charge in [0.15, 0.2) is 5.65 Å². The Bertz CT molecular complexity index is 901. The van der Waals surface area contributed by atoms with Crippen LogP contribution in [-0.2, 0) is 6.42 Å². The summed E-state index contributed by atoms with van der Waals surface area (Å²) in [4.78, 5) is 13.0. The lowest BCUT2D eigenvalue weighted by atomic mass is 10.3. The Morgan fingerprint density at radius 2 is 2.00 bits per heavy atom. The third-order valence-corrected chi connectivity index (χ3v) is 4.16. The third kappa shape index (κ3) is 2.78. The normalized spacial score (nSPS) is 11.0. The number of para-hydroxylation sites is 1. The van der Waals surface area contributed by atoms with Crippen molar-refractivity contribution in [2.45, 2.75) is 6.42 Å². The van der Waals surface area contributed by atoms with Crippen LogP contribution in [0.15, 0.2) is 53.7 Å². The van der Waals surface area contributed by atoms with E-state index in [1.54, 1.807) is 23.9 Å². The van der Waals surface area contributed by atoms with E-state index in [9.17, 15) is 0 Å². The Morgan fingerprint density at radius 3 is 2.83 bits per heavy atom. The molecule has 0 bridgehead atoms. The predicted molar refractivity (Wildman–Crippen MR) is 91.0 cm³/mol. The smallest absolute Gasteiger partial charge is 0.168 e. The summed E-state index contributed by atoms with van der Waals surface area (Å²) < 4.78 is 1.82. The lowest BCUT2D eigenvalue weighted by Crippen LogP contribution is -2.07. The average Bonchev–Trinajstić information content (AvgIpc) is 3.25. The van der Waals surface area contributed by atoms with Gasteiger partial charge in [-0.15, -0.1) is 11.3 Å². The average molecular weight is 322 g/mol. The molecule has 0 radical (unpaired) electrons. The summed E-state index contributed by atoms with van der Waals surface area (Å²) in [5.74, 6) is 0.799. The number of hydrogen-bond acceptors (Lipinski definition) is 6. The Labute approximate surface area is 136 Å². The number of thiazole rings is 1. The van der Waals surface area contributed by atoms with Crippen molar-refractivity contribution in [3.05, 3.63) is 59.4 Å². The van der Waals surface area contributed by atoms with Gasteiger partial charge in [0.2, 0.25) is 0 Å². The summed E-state index contributed by atoms with van der Waals surface area (Å²) in [6, 6.07) is 9.96. The van der Waals surface area contributed by atoms with E-state index in [0.717, 1.165) is 41.2 Å². The molecular formula is C16H14N6S. The van der Waals surface area contributed by atoms with Gasteiger partial charge in [0.05, 0.1) is 28.5 Å². The van der Waals surface area contributed by atoms with Crippen LogP contribution in [0.1, 0.15) is 5.69 Å². The maximum atomic E-state index is 4.45. The largest absolute Gasteiger partial charge is 0.369 e. The van der Waals surface area contributed by atoms with Crippen molar-refractivity contribution < 1.29 is 0 Å². The SMILES string of the molecule is c1ccc(-n2ncc3c(NCCc4cscn4)ncnc32)cc1. The Morgan fingerprint density at radius 1 is 1.09 bits per heavy atom. The highest BCUT2D eigenvalue weighted by molar-refractivity contribution is 7.07. The van der Waals surface area contributed by atoms with Crippen molar-refractivity contribution >= 4 is 28.2 Å². The molecule has 4 aromatic rings. The van der Waals surface area contributed by atoms with Crippen LogP contribution in [0.5, 0.6) is 0 Å². The number of aromatic nitrogens is 5. The molecule has 0 spiro atoms. The minimum absolute atomic E-state index is 0.770. The van der Waals surface area contributed by atoms with Gasteiger partial charge in [-0.05, 0) is 12.1 Å². The fourth-order valence-corrected chi connectivity index (χ4v) is 3.01. The topological polar surface area (TPSA) is 68.5 Å². The first-order chi connectivity index (χ1) is 11.4. The highest BCUT2D eigenvalue weighted by Gasteiger charge is 2.10. The highest BCUT2D eigenvalue weighted by atomic mass is 32.1. The van der Waals surface area contributed by atoms with Crippen LogP contribution < -0.4 is 5.32 Å². The second-order valence-electron chi connectivity index (χ2n) is 5.01. The van der Waals surface area contributed by atoms with E-state index in [1.807, 2.05) is 40.5 Å². The Kier molecular flexibility index (Phi) is 3.69. The molecule has 6 nitrogen and oxygen atoms in total. The molecule has 23 heavy (non-hydrogen) atoms. The molecule has 0 unspecified atom stereocenters. The number of hydrogen-bond donors (Lipinski definition) is 1. The molecule has 1 aromatic carbocycles. The molecule has 0 aliphatic carbocycles. The summed E-state index contributed by atoms with van der Waals surface area (Å²) in [5.41, 5.74) is 4.71. The molecule has 0 saturated heterocycles.